The van der Waals surface area contributed by atoms with Gasteiger partial charge in [0.05, 0.1) is 5.41 Å². The van der Waals surface area contributed by atoms with E-state index in [1.165, 1.54) is 5.06 Å². The molecule has 0 spiro atoms. The highest BCUT2D eigenvalue weighted by molar-refractivity contribution is 6.33. The third kappa shape index (κ3) is 2.00. The van der Waals surface area contributed by atoms with Crippen LogP contribution in [0.15, 0.2) is 54.6 Å². The Bertz CT molecular complexity index is 782. The number of nitrogens with zero attached hydrogens (tertiary/aromatic N) is 2. The number of carbonyl (C=O) groups excluding carboxylic acids is 1. The van der Waals surface area contributed by atoms with Crippen LogP contribution in [0, 0.1) is 0 Å². The number of likely N-dealkylation sites (N-methyl/N-ethyl adjacent to an activating group) is 1. The molecule has 5 heteroatoms. The molecule has 0 bridgehead atoms. The van der Waals surface area contributed by atoms with E-state index in [-0.39, 0.29) is 12.1 Å². The Labute approximate surface area is 146 Å². The van der Waals surface area contributed by atoms with Crippen molar-refractivity contribution in [1.82, 2.24) is 5.06 Å². The maximum absolute atomic E-state index is 12.7. The van der Waals surface area contributed by atoms with Crippen molar-refractivity contribution in [2.75, 3.05) is 11.9 Å². The van der Waals surface area contributed by atoms with E-state index in [4.69, 9.17) is 16.4 Å². The zero-order valence-electron chi connectivity index (χ0n) is 13.6. The van der Waals surface area contributed by atoms with Crippen molar-refractivity contribution in [3.63, 3.8) is 0 Å². The van der Waals surface area contributed by atoms with E-state index in [9.17, 15) is 4.79 Å². The summed E-state index contributed by atoms with van der Waals surface area (Å²) in [5.41, 5.74) is 2.71. The van der Waals surface area contributed by atoms with Gasteiger partial charge in [0.25, 0.3) is 5.91 Å². The van der Waals surface area contributed by atoms with Gasteiger partial charge in [-0.1, -0.05) is 48.5 Å². The fourth-order valence-corrected chi connectivity index (χ4v) is 4.25. The van der Waals surface area contributed by atoms with E-state index in [2.05, 4.69) is 17.0 Å². The van der Waals surface area contributed by atoms with Gasteiger partial charge in [-0.25, -0.2) is 0 Å². The fraction of sp³-hybridized carbons (Fsp3) is 0.316. The van der Waals surface area contributed by atoms with Crippen LogP contribution in [0.4, 0.5) is 5.69 Å². The molecule has 2 aromatic rings. The number of fused-ring (bicyclic) bond motifs is 3. The van der Waals surface area contributed by atoms with Crippen LogP contribution in [0.2, 0.25) is 0 Å². The highest BCUT2D eigenvalue weighted by atomic mass is 35.5. The van der Waals surface area contributed by atoms with Gasteiger partial charge in [-0.15, -0.1) is 11.6 Å². The van der Waals surface area contributed by atoms with Crippen molar-refractivity contribution < 1.29 is 9.63 Å². The molecule has 2 heterocycles. The molecule has 24 heavy (non-hydrogen) atoms. The second-order valence-corrected chi connectivity index (χ2v) is 7.01. The molecule has 3 atom stereocenters. The Morgan fingerprint density at radius 2 is 1.79 bits per heavy atom. The van der Waals surface area contributed by atoms with Crippen molar-refractivity contribution in [2.24, 2.45) is 0 Å². The van der Waals surface area contributed by atoms with Gasteiger partial charge in [-0.3, -0.25) is 9.63 Å². The van der Waals surface area contributed by atoms with Crippen LogP contribution in [-0.4, -0.2) is 29.6 Å². The van der Waals surface area contributed by atoms with Crippen LogP contribution < -0.4 is 4.90 Å². The average Bonchev–Trinajstić information content (AvgIpc) is 2.96. The molecule has 1 fully saturated rings. The summed E-state index contributed by atoms with van der Waals surface area (Å²) in [6.07, 6.45) is -0.242. The van der Waals surface area contributed by atoms with Gasteiger partial charge >= 0.3 is 0 Å². The minimum Gasteiger partial charge on any atom is -0.351 e. The van der Waals surface area contributed by atoms with Crippen molar-refractivity contribution in [2.45, 2.75) is 30.5 Å². The molecule has 0 radical (unpaired) electrons. The summed E-state index contributed by atoms with van der Waals surface area (Å²) < 4.78 is 0. The van der Waals surface area contributed by atoms with Gasteiger partial charge in [0, 0.05) is 12.7 Å². The molecule has 124 valence electrons. The molecule has 0 N–H and O–H groups in total. The summed E-state index contributed by atoms with van der Waals surface area (Å²) in [5, 5.41) is 0.814. The number of hydrogen-bond acceptors (Lipinski definition) is 3. The van der Waals surface area contributed by atoms with E-state index >= 15 is 0 Å². The molecule has 2 aromatic carbocycles. The topological polar surface area (TPSA) is 32.8 Å². The smallest absolute Gasteiger partial charge is 0.267 e. The lowest BCUT2D eigenvalue weighted by Gasteiger charge is -2.33. The van der Waals surface area contributed by atoms with Crippen LogP contribution >= 0.6 is 11.6 Å². The van der Waals surface area contributed by atoms with Gasteiger partial charge in [-0.05, 0) is 24.1 Å². The summed E-state index contributed by atoms with van der Waals surface area (Å²) in [7, 11) is 1.98. The number of carbonyl (C=O) groups is 1. The van der Waals surface area contributed by atoms with E-state index < -0.39 is 10.8 Å². The molecule has 0 aromatic heterocycles. The van der Waals surface area contributed by atoms with Gasteiger partial charge in [0.15, 0.2) is 0 Å². The first-order valence-corrected chi connectivity index (χ1v) is 8.45. The SMILES string of the molecule is CN1c2ccccc2[C@]2(C)C(Cl)C(=O)N(OCc3ccccc3)[C@H]12. The first kappa shape index (κ1) is 15.5. The van der Waals surface area contributed by atoms with Gasteiger partial charge in [0.1, 0.15) is 18.1 Å². The largest absolute Gasteiger partial charge is 0.351 e. The van der Waals surface area contributed by atoms with E-state index in [1.54, 1.807) is 0 Å². The number of amides is 1. The summed E-state index contributed by atoms with van der Waals surface area (Å²) in [6.45, 7) is 2.38. The molecule has 0 aliphatic carbocycles. The van der Waals surface area contributed by atoms with E-state index in [1.807, 2.05) is 56.4 Å². The first-order valence-electron chi connectivity index (χ1n) is 8.01. The normalized spacial score (nSPS) is 28.2. The highest BCUT2D eigenvalue weighted by Crippen LogP contribution is 2.53. The van der Waals surface area contributed by atoms with Crippen molar-refractivity contribution >= 4 is 23.2 Å². The lowest BCUT2D eigenvalue weighted by Crippen LogP contribution is -2.48. The molecule has 2 aliphatic heterocycles. The Balaban J connectivity index is 1.67. The Hall–Kier alpha value is -2.04. The highest BCUT2D eigenvalue weighted by Gasteiger charge is 2.63. The Morgan fingerprint density at radius 3 is 2.54 bits per heavy atom. The summed E-state index contributed by atoms with van der Waals surface area (Å²) in [4.78, 5) is 20.7. The maximum Gasteiger partial charge on any atom is 0.267 e. The van der Waals surface area contributed by atoms with E-state index in [0.717, 1.165) is 16.8 Å². The second-order valence-electron chi connectivity index (χ2n) is 6.57. The molecular weight excluding hydrogens is 324 g/mol. The van der Waals surface area contributed by atoms with Gasteiger partial charge < -0.3 is 4.90 Å². The number of rotatable bonds is 3. The van der Waals surface area contributed by atoms with Crippen LogP contribution in [0.1, 0.15) is 18.1 Å². The lowest BCUT2D eigenvalue weighted by atomic mass is 9.81. The predicted molar refractivity (Wildman–Crippen MR) is 93.7 cm³/mol. The molecule has 4 nitrogen and oxygen atoms in total. The number of benzene rings is 2. The zero-order chi connectivity index (χ0) is 16.9. The molecule has 1 unspecified atom stereocenters. The summed E-state index contributed by atoms with van der Waals surface area (Å²) >= 11 is 6.58. The molecule has 4 rings (SSSR count). The van der Waals surface area contributed by atoms with Crippen molar-refractivity contribution in [3.05, 3.63) is 65.7 Å². The van der Waals surface area contributed by atoms with Crippen LogP contribution in [0.5, 0.6) is 0 Å². The molecule has 1 saturated heterocycles. The van der Waals surface area contributed by atoms with Crippen LogP contribution in [-0.2, 0) is 21.7 Å². The third-order valence-electron chi connectivity index (χ3n) is 5.16. The van der Waals surface area contributed by atoms with Crippen LogP contribution in [0.3, 0.4) is 0 Å². The van der Waals surface area contributed by atoms with Gasteiger partial charge in [0.2, 0.25) is 0 Å². The van der Waals surface area contributed by atoms with Gasteiger partial charge in [-0.2, -0.15) is 5.06 Å². The maximum atomic E-state index is 12.7. The first-order chi connectivity index (χ1) is 11.5. The standard InChI is InChI=1S/C19H19ClN2O2/c1-19-14-10-6-7-11-15(14)21(2)18(19)22(17(23)16(19)20)24-12-13-8-4-3-5-9-13/h3-11,16,18H,12H2,1-2H3/t16?,18-,19+/m0/s1. The Morgan fingerprint density at radius 1 is 1.12 bits per heavy atom. The van der Waals surface area contributed by atoms with Crippen molar-refractivity contribution in [1.29, 1.82) is 0 Å². The number of para-hydroxylation sites is 1. The molecule has 2 aliphatic rings. The molecule has 0 saturated carbocycles. The number of hydroxylamine groups is 2. The number of alkyl halides is 1. The monoisotopic (exact) mass is 342 g/mol. The summed E-state index contributed by atoms with van der Waals surface area (Å²) in [5.74, 6) is -0.179. The minimum absolute atomic E-state index is 0.179. The quantitative estimate of drug-likeness (QED) is 0.802. The molecule has 1 amide bonds. The number of halogens is 1. The number of hydrogen-bond donors (Lipinski definition) is 0. The van der Waals surface area contributed by atoms with Crippen LogP contribution in [0.25, 0.3) is 0 Å². The molecular formula is C19H19ClN2O2. The predicted octanol–water partition coefficient (Wildman–Crippen LogP) is 3.30. The lowest BCUT2D eigenvalue weighted by molar-refractivity contribution is -0.196. The minimum atomic E-state index is -0.649. The third-order valence-corrected chi connectivity index (χ3v) is 5.80. The Kier molecular flexibility index (Phi) is 3.55. The van der Waals surface area contributed by atoms with Crippen molar-refractivity contribution in [3.8, 4) is 0 Å². The zero-order valence-corrected chi connectivity index (χ0v) is 14.4. The average molecular weight is 343 g/mol. The fourth-order valence-electron chi connectivity index (χ4n) is 3.92. The second kappa shape index (κ2) is 5.50. The summed E-state index contributed by atoms with van der Waals surface area (Å²) in [6, 6.07) is 17.9. The number of anilines is 1. The van der Waals surface area contributed by atoms with E-state index in [0.29, 0.717) is 6.61 Å².